The van der Waals surface area contributed by atoms with Crippen LogP contribution >= 0.6 is 0 Å². The standard InChI is InChI=1S/C17H18FN3O2/c1-11-6-5-9-14(12(11)2)21-17(23)19-10-16(22)20-15-8-4-3-7-13(15)18/h3-9H,10H2,1-2H3,(H,20,22)(H2,19,21,23). The van der Waals surface area contributed by atoms with E-state index in [9.17, 15) is 14.0 Å². The third kappa shape index (κ3) is 4.54. The zero-order valence-corrected chi connectivity index (χ0v) is 12.9. The van der Waals surface area contributed by atoms with E-state index >= 15 is 0 Å². The first-order chi connectivity index (χ1) is 11.0. The molecule has 2 aromatic rings. The van der Waals surface area contributed by atoms with Crippen LogP contribution in [0, 0.1) is 19.7 Å². The Labute approximate surface area is 133 Å². The molecule has 5 nitrogen and oxygen atoms in total. The minimum Gasteiger partial charge on any atom is -0.329 e. The first kappa shape index (κ1) is 16.5. The van der Waals surface area contributed by atoms with Crippen molar-refractivity contribution in [2.75, 3.05) is 17.2 Å². The van der Waals surface area contributed by atoms with E-state index in [1.807, 2.05) is 26.0 Å². The second-order valence-electron chi connectivity index (χ2n) is 5.08. The molecule has 0 aromatic heterocycles. The number of halogens is 1. The number of carbonyl (C=O) groups excluding carboxylic acids is 2. The molecule has 0 aliphatic carbocycles. The lowest BCUT2D eigenvalue weighted by Crippen LogP contribution is -2.36. The first-order valence-electron chi connectivity index (χ1n) is 7.13. The Morgan fingerprint density at radius 3 is 2.39 bits per heavy atom. The summed E-state index contributed by atoms with van der Waals surface area (Å²) in [6, 6.07) is 10.9. The predicted octanol–water partition coefficient (Wildman–Crippen LogP) is 3.20. The van der Waals surface area contributed by atoms with Crippen LogP contribution < -0.4 is 16.0 Å². The van der Waals surface area contributed by atoms with Gasteiger partial charge in [-0.25, -0.2) is 9.18 Å². The molecule has 0 fully saturated rings. The van der Waals surface area contributed by atoms with Crippen LogP contribution in [0.15, 0.2) is 42.5 Å². The Morgan fingerprint density at radius 2 is 1.65 bits per heavy atom. The van der Waals surface area contributed by atoms with Gasteiger partial charge in [0.2, 0.25) is 5.91 Å². The fraction of sp³-hybridized carbons (Fsp3) is 0.176. The molecule has 0 bridgehead atoms. The van der Waals surface area contributed by atoms with Crippen molar-refractivity contribution in [3.8, 4) is 0 Å². The third-order valence-corrected chi connectivity index (χ3v) is 3.41. The minimum absolute atomic E-state index is 0.0780. The Hall–Kier alpha value is -2.89. The Balaban J connectivity index is 1.86. The van der Waals surface area contributed by atoms with Gasteiger partial charge in [0.25, 0.3) is 0 Å². The fourth-order valence-electron chi connectivity index (χ4n) is 1.97. The van der Waals surface area contributed by atoms with Crippen LogP contribution in [-0.2, 0) is 4.79 Å². The summed E-state index contributed by atoms with van der Waals surface area (Å²) in [4.78, 5) is 23.5. The summed E-state index contributed by atoms with van der Waals surface area (Å²) < 4.78 is 13.4. The zero-order valence-electron chi connectivity index (χ0n) is 12.9. The van der Waals surface area contributed by atoms with E-state index in [0.29, 0.717) is 5.69 Å². The Morgan fingerprint density at radius 1 is 0.957 bits per heavy atom. The number of nitrogens with one attached hydrogen (secondary N) is 3. The number of urea groups is 1. The van der Waals surface area contributed by atoms with Gasteiger partial charge in [-0.3, -0.25) is 4.79 Å². The van der Waals surface area contributed by atoms with Gasteiger partial charge in [-0.2, -0.15) is 0 Å². The molecule has 0 unspecified atom stereocenters. The smallest absolute Gasteiger partial charge is 0.319 e. The van der Waals surface area contributed by atoms with Crippen LogP contribution in [-0.4, -0.2) is 18.5 Å². The van der Waals surface area contributed by atoms with Gasteiger partial charge in [-0.1, -0.05) is 24.3 Å². The molecule has 3 amide bonds. The van der Waals surface area contributed by atoms with E-state index in [1.54, 1.807) is 12.1 Å². The topological polar surface area (TPSA) is 70.2 Å². The molecular formula is C17H18FN3O2. The summed E-state index contributed by atoms with van der Waals surface area (Å²) in [6.07, 6.45) is 0. The average Bonchev–Trinajstić information content (AvgIpc) is 2.52. The molecule has 23 heavy (non-hydrogen) atoms. The maximum absolute atomic E-state index is 13.4. The molecule has 0 heterocycles. The predicted molar refractivity (Wildman–Crippen MR) is 88.0 cm³/mol. The zero-order chi connectivity index (χ0) is 16.8. The number of hydrogen-bond acceptors (Lipinski definition) is 2. The highest BCUT2D eigenvalue weighted by molar-refractivity contribution is 5.97. The van der Waals surface area contributed by atoms with Crippen molar-refractivity contribution in [3.63, 3.8) is 0 Å². The van der Waals surface area contributed by atoms with Gasteiger partial charge < -0.3 is 16.0 Å². The van der Waals surface area contributed by atoms with Gasteiger partial charge in [0, 0.05) is 5.69 Å². The largest absolute Gasteiger partial charge is 0.329 e. The van der Waals surface area contributed by atoms with Gasteiger partial charge in [0.1, 0.15) is 5.82 Å². The number of benzene rings is 2. The molecule has 0 radical (unpaired) electrons. The summed E-state index contributed by atoms with van der Waals surface area (Å²) in [7, 11) is 0. The molecule has 120 valence electrons. The monoisotopic (exact) mass is 315 g/mol. The lowest BCUT2D eigenvalue weighted by Gasteiger charge is -2.11. The SMILES string of the molecule is Cc1cccc(NC(=O)NCC(=O)Nc2ccccc2F)c1C. The summed E-state index contributed by atoms with van der Waals surface area (Å²) in [5.74, 6) is -1.04. The van der Waals surface area contributed by atoms with Crippen LogP contribution in [0.2, 0.25) is 0 Å². The van der Waals surface area contributed by atoms with Crippen LogP contribution in [0.4, 0.5) is 20.6 Å². The number of anilines is 2. The van der Waals surface area contributed by atoms with E-state index in [-0.39, 0.29) is 12.2 Å². The van der Waals surface area contributed by atoms with Gasteiger partial charge in [-0.05, 0) is 43.2 Å². The van der Waals surface area contributed by atoms with Crippen molar-refractivity contribution in [1.29, 1.82) is 0 Å². The van der Waals surface area contributed by atoms with Gasteiger partial charge in [0.05, 0.1) is 12.2 Å². The molecule has 0 aliphatic rings. The maximum Gasteiger partial charge on any atom is 0.319 e. The van der Waals surface area contributed by atoms with Crippen molar-refractivity contribution >= 4 is 23.3 Å². The summed E-state index contributed by atoms with van der Waals surface area (Å²) in [6.45, 7) is 3.58. The Bertz CT molecular complexity index is 732. The summed E-state index contributed by atoms with van der Waals surface area (Å²) >= 11 is 0. The fourth-order valence-corrected chi connectivity index (χ4v) is 1.97. The van der Waals surface area contributed by atoms with Crippen LogP contribution in [0.25, 0.3) is 0 Å². The molecule has 2 aromatic carbocycles. The number of amides is 3. The van der Waals surface area contributed by atoms with Crippen molar-refractivity contribution < 1.29 is 14.0 Å². The number of hydrogen-bond donors (Lipinski definition) is 3. The van der Waals surface area contributed by atoms with Gasteiger partial charge in [-0.15, -0.1) is 0 Å². The van der Waals surface area contributed by atoms with E-state index < -0.39 is 17.8 Å². The van der Waals surface area contributed by atoms with Crippen LogP contribution in [0.1, 0.15) is 11.1 Å². The molecular weight excluding hydrogens is 297 g/mol. The average molecular weight is 315 g/mol. The van der Waals surface area contributed by atoms with Gasteiger partial charge >= 0.3 is 6.03 Å². The molecule has 6 heteroatoms. The van der Waals surface area contributed by atoms with E-state index in [1.165, 1.54) is 18.2 Å². The molecule has 0 saturated heterocycles. The van der Waals surface area contributed by atoms with Crippen LogP contribution in [0.3, 0.4) is 0 Å². The highest BCUT2D eigenvalue weighted by atomic mass is 19.1. The third-order valence-electron chi connectivity index (χ3n) is 3.41. The molecule has 0 atom stereocenters. The summed E-state index contributed by atoms with van der Waals surface area (Å²) in [5, 5.41) is 7.50. The molecule has 2 rings (SSSR count). The molecule has 0 spiro atoms. The van der Waals surface area contributed by atoms with Crippen molar-refractivity contribution in [1.82, 2.24) is 5.32 Å². The van der Waals surface area contributed by atoms with Crippen molar-refractivity contribution in [3.05, 3.63) is 59.4 Å². The number of carbonyl (C=O) groups is 2. The molecule has 3 N–H and O–H groups in total. The second kappa shape index (κ2) is 7.40. The highest BCUT2D eigenvalue weighted by Gasteiger charge is 2.09. The van der Waals surface area contributed by atoms with Crippen molar-refractivity contribution in [2.24, 2.45) is 0 Å². The van der Waals surface area contributed by atoms with E-state index in [4.69, 9.17) is 0 Å². The number of para-hydroxylation sites is 1. The Kier molecular flexibility index (Phi) is 5.30. The lowest BCUT2D eigenvalue weighted by molar-refractivity contribution is -0.115. The van der Waals surface area contributed by atoms with Crippen molar-refractivity contribution in [2.45, 2.75) is 13.8 Å². The molecule has 0 saturated carbocycles. The minimum atomic E-state index is -0.527. The quantitative estimate of drug-likeness (QED) is 0.811. The van der Waals surface area contributed by atoms with Gasteiger partial charge in [0.15, 0.2) is 0 Å². The summed E-state index contributed by atoms with van der Waals surface area (Å²) in [5.41, 5.74) is 2.77. The van der Waals surface area contributed by atoms with E-state index in [0.717, 1.165) is 11.1 Å². The number of aryl methyl sites for hydroxylation is 1. The second-order valence-corrected chi connectivity index (χ2v) is 5.08. The number of rotatable bonds is 4. The first-order valence-corrected chi connectivity index (χ1v) is 7.13. The normalized spacial score (nSPS) is 10.0. The van der Waals surface area contributed by atoms with E-state index in [2.05, 4.69) is 16.0 Å². The maximum atomic E-state index is 13.4. The molecule has 0 aliphatic heterocycles. The lowest BCUT2D eigenvalue weighted by atomic mass is 10.1. The van der Waals surface area contributed by atoms with Crippen LogP contribution in [0.5, 0.6) is 0 Å². The highest BCUT2D eigenvalue weighted by Crippen LogP contribution is 2.17.